The summed E-state index contributed by atoms with van der Waals surface area (Å²) in [6.45, 7) is 4.34. The summed E-state index contributed by atoms with van der Waals surface area (Å²) in [6, 6.07) is 4.32. The molecular formula is C13H18BrN. The molecule has 2 rings (SSSR count). The van der Waals surface area contributed by atoms with Gasteiger partial charge in [-0.05, 0) is 49.4 Å². The molecule has 1 saturated carbocycles. The maximum absolute atomic E-state index is 6.48. The van der Waals surface area contributed by atoms with Crippen molar-refractivity contribution in [2.24, 2.45) is 5.73 Å². The molecule has 1 fully saturated rings. The van der Waals surface area contributed by atoms with Crippen LogP contribution in [-0.4, -0.2) is 0 Å². The predicted octanol–water partition coefficient (Wildman–Crippen LogP) is 3.79. The molecule has 2 heteroatoms. The summed E-state index contributed by atoms with van der Waals surface area (Å²) < 4.78 is 1.19. The molecule has 1 nitrogen and oxygen atoms in total. The lowest BCUT2D eigenvalue weighted by molar-refractivity contribution is 0.458. The van der Waals surface area contributed by atoms with Gasteiger partial charge in [0.1, 0.15) is 0 Å². The molecular weight excluding hydrogens is 250 g/mol. The van der Waals surface area contributed by atoms with E-state index in [1.165, 1.54) is 34.0 Å². The normalized spacial score (nSPS) is 19.5. The second-order valence-corrected chi connectivity index (χ2v) is 5.56. The number of benzene rings is 1. The molecule has 0 radical (unpaired) electrons. The van der Waals surface area contributed by atoms with Gasteiger partial charge in [0.2, 0.25) is 0 Å². The van der Waals surface area contributed by atoms with Crippen molar-refractivity contribution in [3.8, 4) is 0 Å². The fourth-order valence-electron chi connectivity index (χ4n) is 2.60. The third kappa shape index (κ3) is 1.85. The van der Waals surface area contributed by atoms with Crippen LogP contribution < -0.4 is 5.73 Å². The van der Waals surface area contributed by atoms with Crippen molar-refractivity contribution in [1.29, 1.82) is 0 Å². The van der Waals surface area contributed by atoms with E-state index in [9.17, 15) is 0 Å². The summed E-state index contributed by atoms with van der Waals surface area (Å²) in [5, 5.41) is 0. The molecule has 1 aliphatic carbocycles. The molecule has 1 aromatic rings. The molecule has 0 atom stereocenters. The SMILES string of the molecule is Cc1c(Br)ccc(C2(N)CCCC2)c1C. The van der Waals surface area contributed by atoms with Crippen molar-refractivity contribution in [2.75, 3.05) is 0 Å². The van der Waals surface area contributed by atoms with E-state index in [2.05, 4.69) is 41.9 Å². The van der Waals surface area contributed by atoms with Crippen molar-refractivity contribution in [1.82, 2.24) is 0 Å². The molecule has 1 aliphatic rings. The topological polar surface area (TPSA) is 26.0 Å². The number of hydrogen-bond donors (Lipinski definition) is 1. The number of nitrogens with two attached hydrogens (primary N) is 1. The molecule has 2 N–H and O–H groups in total. The highest BCUT2D eigenvalue weighted by Gasteiger charge is 2.32. The smallest absolute Gasteiger partial charge is 0.0412 e. The maximum atomic E-state index is 6.48. The molecule has 0 saturated heterocycles. The minimum absolute atomic E-state index is 0.0600. The minimum Gasteiger partial charge on any atom is -0.321 e. The third-order valence-electron chi connectivity index (χ3n) is 3.75. The molecule has 0 unspecified atom stereocenters. The molecule has 0 amide bonds. The van der Waals surface area contributed by atoms with Gasteiger partial charge in [0.15, 0.2) is 0 Å². The molecule has 82 valence electrons. The molecule has 0 heterocycles. The van der Waals surface area contributed by atoms with Gasteiger partial charge in [0, 0.05) is 10.0 Å². The Morgan fingerprint density at radius 2 is 1.73 bits per heavy atom. The van der Waals surface area contributed by atoms with Crippen LogP contribution in [0, 0.1) is 13.8 Å². The van der Waals surface area contributed by atoms with E-state index < -0.39 is 0 Å². The molecule has 1 aromatic carbocycles. The predicted molar refractivity (Wildman–Crippen MR) is 67.9 cm³/mol. The van der Waals surface area contributed by atoms with E-state index in [0.29, 0.717) is 0 Å². The lowest BCUT2D eigenvalue weighted by Gasteiger charge is -2.27. The van der Waals surface area contributed by atoms with E-state index in [1.54, 1.807) is 0 Å². The fourth-order valence-corrected chi connectivity index (χ4v) is 3.03. The third-order valence-corrected chi connectivity index (χ3v) is 4.61. The summed E-state index contributed by atoms with van der Waals surface area (Å²) in [7, 11) is 0. The van der Waals surface area contributed by atoms with Crippen LogP contribution in [-0.2, 0) is 5.54 Å². The molecule has 0 bridgehead atoms. The van der Waals surface area contributed by atoms with Gasteiger partial charge in [0.05, 0.1) is 0 Å². The van der Waals surface area contributed by atoms with E-state index in [1.807, 2.05) is 0 Å². The minimum atomic E-state index is -0.0600. The Morgan fingerprint density at radius 1 is 1.13 bits per heavy atom. The summed E-state index contributed by atoms with van der Waals surface area (Å²) in [6.07, 6.45) is 4.81. The van der Waals surface area contributed by atoms with Crippen molar-refractivity contribution in [3.05, 3.63) is 33.3 Å². The van der Waals surface area contributed by atoms with Crippen LogP contribution in [0.15, 0.2) is 16.6 Å². The largest absolute Gasteiger partial charge is 0.321 e. The Kier molecular flexibility index (Phi) is 2.91. The van der Waals surface area contributed by atoms with Crippen molar-refractivity contribution >= 4 is 15.9 Å². The van der Waals surface area contributed by atoms with Gasteiger partial charge in [-0.3, -0.25) is 0 Å². The van der Waals surface area contributed by atoms with Crippen LogP contribution in [0.2, 0.25) is 0 Å². The van der Waals surface area contributed by atoms with Gasteiger partial charge in [-0.25, -0.2) is 0 Å². The summed E-state index contributed by atoms with van der Waals surface area (Å²) >= 11 is 3.57. The van der Waals surface area contributed by atoms with Crippen LogP contribution in [0.25, 0.3) is 0 Å². The van der Waals surface area contributed by atoms with Crippen LogP contribution in [0.5, 0.6) is 0 Å². The van der Waals surface area contributed by atoms with Crippen molar-refractivity contribution in [2.45, 2.75) is 45.1 Å². The van der Waals surface area contributed by atoms with Crippen LogP contribution >= 0.6 is 15.9 Å². The Morgan fingerprint density at radius 3 is 2.33 bits per heavy atom. The monoisotopic (exact) mass is 267 g/mol. The van der Waals surface area contributed by atoms with Gasteiger partial charge in [-0.15, -0.1) is 0 Å². The lowest BCUT2D eigenvalue weighted by atomic mass is 9.85. The van der Waals surface area contributed by atoms with Crippen LogP contribution in [0.3, 0.4) is 0 Å². The molecule has 0 aromatic heterocycles. The Labute approximate surface area is 100 Å². The van der Waals surface area contributed by atoms with E-state index in [-0.39, 0.29) is 5.54 Å². The second-order valence-electron chi connectivity index (χ2n) is 4.71. The maximum Gasteiger partial charge on any atom is 0.0412 e. The van der Waals surface area contributed by atoms with Gasteiger partial charge in [-0.2, -0.15) is 0 Å². The average molecular weight is 268 g/mol. The van der Waals surface area contributed by atoms with Crippen LogP contribution in [0.4, 0.5) is 0 Å². The number of hydrogen-bond acceptors (Lipinski definition) is 1. The van der Waals surface area contributed by atoms with E-state index in [0.717, 1.165) is 12.8 Å². The quantitative estimate of drug-likeness (QED) is 0.823. The first-order valence-electron chi connectivity index (χ1n) is 5.60. The molecule has 15 heavy (non-hydrogen) atoms. The first-order chi connectivity index (χ1) is 7.04. The molecule has 0 aliphatic heterocycles. The van der Waals surface area contributed by atoms with Crippen LogP contribution in [0.1, 0.15) is 42.4 Å². The first kappa shape index (κ1) is 11.2. The van der Waals surface area contributed by atoms with E-state index >= 15 is 0 Å². The summed E-state index contributed by atoms with van der Waals surface area (Å²) in [5.41, 5.74) is 10.5. The molecule has 0 spiro atoms. The Hall–Kier alpha value is -0.340. The second kappa shape index (κ2) is 3.91. The summed E-state index contributed by atoms with van der Waals surface area (Å²) in [4.78, 5) is 0. The first-order valence-corrected chi connectivity index (χ1v) is 6.39. The van der Waals surface area contributed by atoms with Gasteiger partial charge >= 0.3 is 0 Å². The average Bonchev–Trinajstić information content (AvgIpc) is 2.62. The summed E-state index contributed by atoms with van der Waals surface area (Å²) in [5.74, 6) is 0. The van der Waals surface area contributed by atoms with Crippen molar-refractivity contribution < 1.29 is 0 Å². The zero-order valence-corrected chi connectivity index (χ0v) is 11.0. The highest BCUT2D eigenvalue weighted by Crippen LogP contribution is 2.39. The van der Waals surface area contributed by atoms with Gasteiger partial charge in [-0.1, -0.05) is 34.8 Å². The number of rotatable bonds is 1. The Balaban J connectivity index is 2.49. The zero-order chi connectivity index (χ0) is 11.1. The highest BCUT2D eigenvalue weighted by molar-refractivity contribution is 9.10. The number of halogens is 1. The fraction of sp³-hybridized carbons (Fsp3) is 0.538. The van der Waals surface area contributed by atoms with E-state index in [4.69, 9.17) is 5.73 Å². The zero-order valence-electron chi connectivity index (χ0n) is 9.44. The van der Waals surface area contributed by atoms with Gasteiger partial charge in [0.25, 0.3) is 0 Å². The standard InChI is InChI=1S/C13H18BrN/c1-9-10(2)12(14)6-5-11(9)13(15)7-3-4-8-13/h5-6H,3-4,7-8,15H2,1-2H3. The van der Waals surface area contributed by atoms with Crippen molar-refractivity contribution in [3.63, 3.8) is 0 Å². The highest BCUT2D eigenvalue weighted by atomic mass is 79.9. The van der Waals surface area contributed by atoms with Gasteiger partial charge < -0.3 is 5.73 Å². The Bertz CT molecular complexity index is 378. The lowest BCUT2D eigenvalue weighted by Crippen LogP contribution is -2.34.